The standard InChI is InChI=1S/C29H34N2O5/c1-17(2)22-7-6-8-23(18(3)4)26(22)27(31-29(30)34)21-13-14-24(25(15-21)35-5)36-16-19-9-11-20(12-10-19)28(32)33/h6-15,17-18,27H,16H2,1-5H3,(H,32,33)(H3,30,31,34). The number of carbonyl (C=O) groups excluding carboxylic acids is 1. The molecule has 0 aliphatic rings. The van der Waals surface area contributed by atoms with E-state index in [0.29, 0.717) is 11.5 Å². The highest BCUT2D eigenvalue weighted by Crippen LogP contribution is 2.38. The minimum absolute atomic E-state index is 0.219. The first-order valence-electron chi connectivity index (χ1n) is 11.9. The zero-order valence-electron chi connectivity index (χ0n) is 21.4. The lowest BCUT2D eigenvalue weighted by Crippen LogP contribution is -2.35. The molecule has 3 aromatic rings. The van der Waals surface area contributed by atoms with Crippen LogP contribution in [0, 0.1) is 0 Å². The third kappa shape index (κ3) is 6.16. The minimum atomic E-state index is -0.974. The first-order valence-corrected chi connectivity index (χ1v) is 11.9. The van der Waals surface area contributed by atoms with Crippen LogP contribution in [0.5, 0.6) is 11.5 Å². The van der Waals surface area contributed by atoms with Crippen molar-refractivity contribution in [2.75, 3.05) is 7.11 Å². The highest BCUT2D eigenvalue weighted by molar-refractivity contribution is 5.87. The van der Waals surface area contributed by atoms with Crippen LogP contribution < -0.4 is 20.5 Å². The lowest BCUT2D eigenvalue weighted by molar-refractivity contribution is 0.0696. The molecule has 0 saturated heterocycles. The molecular weight excluding hydrogens is 456 g/mol. The SMILES string of the molecule is COc1cc(C(NC(N)=O)c2c(C(C)C)cccc2C(C)C)ccc1OCc1ccc(C(=O)O)cc1. The maximum atomic E-state index is 12.1. The average molecular weight is 491 g/mol. The van der Waals surface area contributed by atoms with Gasteiger partial charge in [-0.25, -0.2) is 9.59 Å². The van der Waals surface area contributed by atoms with Crippen molar-refractivity contribution in [1.82, 2.24) is 5.32 Å². The molecule has 7 heteroatoms. The lowest BCUT2D eigenvalue weighted by Gasteiger charge is -2.28. The van der Waals surface area contributed by atoms with Gasteiger partial charge in [-0.3, -0.25) is 0 Å². The third-order valence-corrected chi connectivity index (χ3v) is 6.11. The van der Waals surface area contributed by atoms with Crippen LogP contribution in [-0.2, 0) is 6.61 Å². The van der Waals surface area contributed by atoms with Crippen molar-refractivity contribution in [3.05, 3.63) is 94.0 Å². The first kappa shape index (κ1) is 26.6. The van der Waals surface area contributed by atoms with Crippen LogP contribution in [0.15, 0.2) is 60.7 Å². The summed E-state index contributed by atoms with van der Waals surface area (Å²) in [4.78, 5) is 23.1. The first-order chi connectivity index (χ1) is 17.1. The summed E-state index contributed by atoms with van der Waals surface area (Å²) in [6.07, 6.45) is 0. The number of aromatic carboxylic acids is 1. The number of hydrogen-bond acceptors (Lipinski definition) is 4. The predicted octanol–water partition coefficient (Wildman–Crippen LogP) is 5.98. The van der Waals surface area contributed by atoms with Gasteiger partial charge in [0.1, 0.15) is 6.61 Å². The highest BCUT2D eigenvalue weighted by Gasteiger charge is 2.25. The van der Waals surface area contributed by atoms with Gasteiger partial charge < -0.3 is 25.6 Å². The zero-order chi connectivity index (χ0) is 26.4. The van der Waals surface area contributed by atoms with E-state index in [9.17, 15) is 9.59 Å². The minimum Gasteiger partial charge on any atom is -0.493 e. The molecule has 2 amide bonds. The number of carbonyl (C=O) groups is 2. The monoisotopic (exact) mass is 490 g/mol. The highest BCUT2D eigenvalue weighted by atomic mass is 16.5. The van der Waals surface area contributed by atoms with Gasteiger partial charge in [0.2, 0.25) is 0 Å². The maximum absolute atomic E-state index is 12.1. The van der Waals surface area contributed by atoms with E-state index in [2.05, 4.69) is 51.2 Å². The molecule has 0 radical (unpaired) electrons. The Labute approximate surface area is 212 Å². The van der Waals surface area contributed by atoms with Gasteiger partial charge in [-0.2, -0.15) is 0 Å². The third-order valence-electron chi connectivity index (χ3n) is 6.11. The molecule has 190 valence electrons. The molecule has 0 aliphatic heterocycles. The van der Waals surface area contributed by atoms with E-state index in [4.69, 9.17) is 20.3 Å². The van der Waals surface area contributed by atoms with Crippen molar-refractivity contribution in [1.29, 1.82) is 0 Å². The Morgan fingerprint density at radius 3 is 2.03 bits per heavy atom. The normalized spacial score (nSPS) is 11.9. The molecule has 0 aromatic heterocycles. The molecule has 36 heavy (non-hydrogen) atoms. The van der Waals surface area contributed by atoms with Gasteiger partial charge in [-0.15, -0.1) is 0 Å². The number of rotatable bonds is 10. The van der Waals surface area contributed by atoms with Crippen LogP contribution in [0.25, 0.3) is 0 Å². The molecule has 1 unspecified atom stereocenters. The fraction of sp³-hybridized carbons (Fsp3) is 0.310. The summed E-state index contributed by atoms with van der Waals surface area (Å²) in [5.74, 6) is 0.556. The van der Waals surface area contributed by atoms with Gasteiger partial charge in [-0.1, -0.05) is 64.1 Å². The number of methoxy groups -OCH3 is 1. The van der Waals surface area contributed by atoms with Crippen molar-refractivity contribution < 1.29 is 24.2 Å². The fourth-order valence-corrected chi connectivity index (χ4v) is 4.29. The van der Waals surface area contributed by atoms with Crippen molar-refractivity contribution in [3.8, 4) is 11.5 Å². The van der Waals surface area contributed by atoms with Gasteiger partial charge >= 0.3 is 12.0 Å². The number of carboxylic acid groups (broad SMARTS) is 1. The quantitative estimate of drug-likeness (QED) is 0.324. The summed E-state index contributed by atoms with van der Waals surface area (Å²) < 4.78 is 11.6. The molecule has 0 fully saturated rings. The Kier molecular flexibility index (Phi) is 8.59. The molecule has 3 rings (SSSR count). The van der Waals surface area contributed by atoms with E-state index in [-0.39, 0.29) is 24.0 Å². The van der Waals surface area contributed by atoms with Crippen LogP contribution in [-0.4, -0.2) is 24.2 Å². The van der Waals surface area contributed by atoms with Gasteiger partial charge in [0.25, 0.3) is 0 Å². The summed E-state index contributed by atoms with van der Waals surface area (Å²) >= 11 is 0. The smallest absolute Gasteiger partial charge is 0.335 e. The summed E-state index contributed by atoms with van der Waals surface area (Å²) in [6, 6.07) is 17.2. The maximum Gasteiger partial charge on any atom is 0.335 e. The molecular formula is C29H34N2O5. The summed E-state index contributed by atoms with van der Waals surface area (Å²) in [7, 11) is 1.56. The Hall–Kier alpha value is -4.00. The van der Waals surface area contributed by atoms with Crippen LogP contribution in [0.3, 0.4) is 0 Å². The van der Waals surface area contributed by atoms with Crippen molar-refractivity contribution >= 4 is 12.0 Å². The Balaban J connectivity index is 1.98. The van der Waals surface area contributed by atoms with Crippen LogP contribution in [0.1, 0.15) is 83.7 Å². The second kappa shape index (κ2) is 11.6. The fourth-order valence-electron chi connectivity index (χ4n) is 4.29. The molecule has 0 bridgehead atoms. The lowest BCUT2D eigenvalue weighted by atomic mass is 9.82. The molecule has 3 aromatic carbocycles. The zero-order valence-corrected chi connectivity index (χ0v) is 21.4. The predicted molar refractivity (Wildman–Crippen MR) is 140 cm³/mol. The van der Waals surface area contributed by atoms with E-state index < -0.39 is 18.0 Å². The average Bonchev–Trinajstić information content (AvgIpc) is 2.85. The largest absolute Gasteiger partial charge is 0.493 e. The second-order valence-electron chi connectivity index (χ2n) is 9.30. The number of hydrogen-bond donors (Lipinski definition) is 3. The van der Waals surface area contributed by atoms with Crippen molar-refractivity contribution in [2.24, 2.45) is 5.73 Å². The Bertz CT molecular complexity index is 1190. The number of primary amides is 1. The number of benzene rings is 3. The van der Waals surface area contributed by atoms with E-state index in [1.165, 1.54) is 0 Å². The molecule has 7 nitrogen and oxygen atoms in total. The Morgan fingerprint density at radius 1 is 0.917 bits per heavy atom. The van der Waals surface area contributed by atoms with Gasteiger partial charge in [0, 0.05) is 0 Å². The van der Waals surface area contributed by atoms with E-state index >= 15 is 0 Å². The topological polar surface area (TPSA) is 111 Å². The number of carboxylic acids is 1. The van der Waals surface area contributed by atoms with Gasteiger partial charge in [-0.05, 0) is 63.9 Å². The Morgan fingerprint density at radius 2 is 1.53 bits per heavy atom. The van der Waals surface area contributed by atoms with Gasteiger partial charge in [0.15, 0.2) is 11.5 Å². The van der Waals surface area contributed by atoms with Crippen molar-refractivity contribution in [3.63, 3.8) is 0 Å². The summed E-state index contributed by atoms with van der Waals surface area (Å²) in [5.41, 5.74) is 10.8. The number of amides is 2. The summed E-state index contributed by atoms with van der Waals surface area (Å²) in [6.45, 7) is 8.76. The molecule has 1 atom stereocenters. The second-order valence-corrected chi connectivity index (χ2v) is 9.30. The number of ether oxygens (including phenoxy) is 2. The molecule has 0 saturated carbocycles. The van der Waals surface area contributed by atoms with Crippen LogP contribution in [0.4, 0.5) is 4.79 Å². The number of urea groups is 1. The number of nitrogens with two attached hydrogens (primary N) is 1. The molecule has 4 N–H and O–H groups in total. The summed E-state index contributed by atoms with van der Waals surface area (Å²) in [5, 5.41) is 12.0. The van der Waals surface area contributed by atoms with E-state index in [0.717, 1.165) is 27.8 Å². The molecule has 0 spiro atoms. The molecule has 0 aliphatic carbocycles. The van der Waals surface area contributed by atoms with Crippen LogP contribution >= 0.6 is 0 Å². The number of nitrogens with one attached hydrogen (secondary N) is 1. The van der Waals surface area contributed by atoms with E-state index in [1.807, 2.05) is 18.2 Å². The van der Waals surface area contributed by atoms with Crippen LogP contribution in [0.2, 0.25) is 0 Å². The van der Waals surface area contributed by atoms with E-state index in [1.54, 1.807) is 31.4 Å². The van der Waals surface area contributed by atoms with Gasteiger partial charge in [0.05, 0.1) is 18.7 Å². The molecule has 0 heterocycles. The van der Waals surface area contributed by atoms with Crippen molar-refractivity contribution in [2.45, 2.75) is 52.2 Å².